The molecule has 20 heteroatoms. The van der Waals surface area contributed by atoms with Crippen molar-refractivity contribution in [2.24, 2.45) is 11.8 Å². The van der Waals surface area contributed by atoms with Crippen molar-refractivity contribution in [3.8, 4) is 0 Å². The van der Waals surface area contributed by atoms with Crippen LogP contribution in [0.2, 0.25) is 0 Å². The Morgan fingerprint density at radius 1 is 0.714 bits per heavy atom. The van der Waals surface area contributed by atoms with E-state index in [0.29, 0.717) is 44.9 Å². The molecule has 1 rings (SSSR count). The van der Waals surface area contributed by atoms with Crippen LogP contribution in [0, 0.1) is 11.8 Å². The van der Waals surface area contributed by atoms with Gasteiger partial charge in [0, 0.05) is 24.7 Å². The molecule has 0 aromatic rings. The van der Waals surface area contributed by atoms with E-state index in [4.69, 9.17) is 138 Å². The second-order valence-corrected chi connectivity index (χ2v) is 18.7. The number of carbonyl (C=O) groups is 4. The zero-order chi connectivity index (χ0) is 37.3. The molecular weight excluding hydrogens is 843 g/mol. The monoisotopic (exact) mass is 878 g/mol. The number of alkyl halides is 9. The third-order valence-corrected chi connectivity index (χ3v) is 7.97. The first-order valence-electron chi connectivity index (χ1n) is 15.3. The fraction of sp³-hybridized carbons (Fsp3) is 0.793. The van der Waals surface area contributed by atoms with Crippen LogP contribution >= 0.6 is 104 Å². The molecule has 3 unspecified atom stereocenters. The second-order valence-electron chi connectivity index (χ2n) is 11.1. The quantitative estimate of drug-likeness (QED) is 0.0435. The minimum absolute atomic E-state index is 0.00290. The van der Waals surface area contributed by atoms with E-state index in [1.165, 1.54) is 0 Å². The minimum Gasteiger partial charge on any atom is -0.481 e. The van der Waals surface area contributed by atoms with Crippen molar-refractivity contribution in [2.75, 3.05) is 19.8 Å². The minimum atomic E-state index is -1.90. The largest absolute Gasteiger partial charge is 0.509 e. The van der Waals surface area contributed by atoms with Crippen LogP contribution in [0.5, 0.6) is 0 Å². The number of aliphatic carboxylic acids is 1. The van der Waals surface area contributed by atoms with Crippen molar-refractivity contribution in [1.82, 2.24) is 0 Å². The van der Waals surface area contributed by atoms with Gasteiger partial charge >= 0.3 is 24.4 Å². The predicted octanol–water partition coefficient (Wildman–Crippen LogP) is 10.9. The van der Waals surface area contributed by atoms with E-state index in [1.807, 2.05) is 6.92 Å². The van der Waals surface area contributed by atoms with Crippen molar-refractivity contribution < 1.29 is 52.7 Å². The maximum atomic E-state index is 12.7. The molecule has 0 heterocycles. The normalized spacial score (nSPS) is 20.4. The zero-order valence-electron chi connectivity index (χ0n) is 26.4. The number of rotatable bonds is 19. The summed E-state index contributed by atoms with van der Waals surface area (Å²) in [6, 6.07) is 0. The summed E-state index contributed by atoms with van der Waals surface area (Å²) in [6.45, 7) is 0.276. The van der Waals surface area contributed by atoms with Gasteiger partial charge in [-0.15, -0.1) is 0 Å². The summed E-state index contributed by atoms with van der Waals surface area (Å²) in [7, 11) is 0. The van der Waals surface area contributed by atoms with Crippen LogP contribution in [-0.4, -0.2) is 79.1 Å². The summed E-state index contributed by atoms with van der Waals surface area (Å²) in [5.41, 5.74) is 0. The lowest BCUT2D eigenvalue weighted by Gasteiger charge is -2.25. The molecule has 11 nitrogen and oxygen atoms in total. The summed E-state index contributed by atoms with van der Waals surface area (Å²) in [5, 5.41) is 8.94. The molecule has 1 aliphatic carbocycles. The number of carboxylic acid groups (broad SMARTS) is 1. The topological polar surface area (TPSA) is 144 Å². The van der Waals surface area contributed by atoms with Gasteiger partial charge in [-0.25, -0.2) is 14.4 Å². The zero-order valence-corrected chi connectivity index (χ0v) is 33.2. The number of hydrogen-bond donors (Lipinski definition) is 1. The van der Waals surface area contributed by atoms with Crippen LogP contribution < -0.4 is 0 Å². The molecule has 0 aromatic carbocycles. The molecule has 0 aliphatic heterocycles. The van der Waals surface area contributed by atoms with Crippen LogP contribution in [0.25, 0.3) is 0 Å². The molecule has 0 spiro atoms. The van der Waals surface area contributed by atoms with Gasteiger partial charge in [0.2, 0.25) is 11.4 Å². The van der Waals surface area contributed by atoms with Crippen LogP contribution in [-0.2, 0) is 33.2 Å². The van der Waals surface area contributed by atoms with Gasteiger partial charge in [-0.3, -0.25) is 4.79 Å². The fourth-order valence-corrected chi connectivity index (χ4v) is 5.43. The highest BCUT2D eigenvalue weighted by atomic mass is 35.6. The Kier molecular flexibility index (Phi) is 22.2. The first-order valence-corrected chi connectivity index (χ1v) is 18.7. The Labute approximate surface area is 330 Å². The van der Waals surface area contributed by atoms with Crippen molar-refractivity contribution >= 4 is 129 Å². The maximum Gasteiger partial charge on any atom is 0.509 e. The Morgan fingerprint density at radius 2 is 1.22 bits per heavy atom. The van der Waals surface area contributed by atoms with Gasteiger partial charge in [-0.05, 0) is 31.8 Å². The third kappa shape index (κ3) is 23.7. The first-order chi connectivity index (χ1) is 22.7. The van der Waals surface area contributed by atoms with Crippen molar-refractivity contribution in [1.29, 1.82) is 0 Å². The van der Waals surface area contributed by atoms with E-state index in [1.54, 1.807) is 12.2 Å². The molecule has 0 aromatic heterocycles. The van der Waals surface area contributed by atoms with E-state index in [2.05, 4.69) is 0 Å². The van der Waals surface area contributed by atoms with Crippen LogP contribution in [0.4, 0.5) is 14.4 Å². The maximum absolute atomic E-state index is 12.7. The molecular formula is C29H39Cl9O11. The number of carboxylic acids is 1. The molecule has 1 aliphatic rings. The summed E-state index contributed by atoms with van der Waals surface area (Å²) in [5.74, 6) is -1.99. The summed E-state index contributed by atoms with van der Waals surface area (Å²) in [4.78, 5) is 48.6. The lowest BCUT2D eigenvalue weighted by molar-refractivity contribution is -0.137. The van der Waals surface area contributed by atoms with Gasteiger partial charge in [0.15, 0.2) is 0 Å². The van der Waals surface area contributed by atoms with Crippen LogP contribution in [0.3, 0.4) is 0 Å². The molecule has 0 amide bonds. The first kappa shape index (κ1) is 46.7. The van der Waals surface area contributed by atoms with Crippen LogP contribution in [0.15, 0.2) is 12.2 Å². The highest BCUT2D eigenvalue weighted by Crippen LogP contribution is 2.42. The number of carbonyl (C=O) groups excluding carboxylic acids is 3. The molecule has 0 bridgehead atoms. The molecule has 284 valence electrons. The molecule has 5 atom stereocenters. The Bertz CT molecular complexity index is 1060. The Hall–Kier alpha value is -0.370. The number of halogens is 9. The highest BCUT2D eigenvalue weighted by molar-refractivity contribution is 6.68. The average molecular weight is 883 g/mol. The van der Waals surface area contributed by atoms with Crippen LogP contribution in [0.1, 0.15) is 77.6 Å². The molecule has 49 heavy (non-hydrogen) atoms. The second kappa shape index (κ2) is 23.3. The van der Waals surface area contributed by atoms with Gasteiger partial charge in [0.1, 0.15) is 38.1 Å². The van der Waals surface area contributed by atoms with E-state index < -0.39 is 85.8 Å². The van der Waals surface area contributed by atoms with Crippen molar-refractivity contribution in [2.45, 2.75) is 107 Å². The Morgan fingerprint density at radius 3 is 1.73 bits per heavy atom. The SMILES string of the molecule is CCCCCC(C=C[C@H]1C(OC(=O)OCC(Cl)(Cl)Cl)CC(OC(=O)OCC(Cl)(Cl)Cl)[C@@H]1CCCCCCC(=O)O)OC(=O)OCC(Cl)(Cl)Cl. The van der Waals surface area contributed by atoms with E-state index in [9.17, 15) is 19.2 Å². The van der Waals surface area contributed by atoms with Gasteiger partial charge in [-0.1, -0.05) is 150 Å². The van der Waals surface area contributed by atoms with Crippen molar-refractivity contribution in [3.05, 3.63) is 12.2 Å². The number of unbranched alkanes of at least 4 members (excludes halogenated alkanes) is 5. The predicted molar refractivity (Wildman–Crippen MR) is 190 cm³/mol. The molecule has 0 radical (unpaired) electrons. The van der Waals surface area contributed by atoms with Gasteiger partial charge < -0.3 is 33.5 Å². The molecule has 1 fully saturated rings. The van der Waals surface area contributed by atoms with Gasteiger partial charge in [0.05, 0.1) is 0 Å². The number of ether oxygens (including phenoxy) is 6. The van der Waals surface area contributed by atoms with E-state index in [-0.39, 0.29) is 12.8 Å². The Balaban J connectivity index is 3.34. The lowest BCUT2D eigenvalue weighted by Crippen LogP contribution is -2.28. The lowest BCUT2D eigenvalue weighted by atomic mass is 9.87. The smallest absolute Gasteiger partial charge is 0.481 e. The fourth-order valence-electron chi connectivity index (χ4n) is 4.94. The van der Waals surface area contributed by atoms with E-state index >= 15 is 0 Å². The van der Waals surface area contributed by atoms with Gasteiger partial charge in [0.25, 0.3) is 0 Å². The number of hydrogen-bond acceptors (Lipinski definition) is 10. The highest BCUT2D eigenvalue weighted by Gasteiger charge is 2.46. The average Bonchev–Trinajstić information content (AvgIpc) is 3.27. The van der Waals surface area contributed by atoms with Gasteiger partial charge in [-0.2, -0.15) is 0 Å². The molecule has 1 saturated carbocycles. The standard InChI is InChI=1S/C29H39Cl9O11/c1-2-3-6-9-18(47-24(41)44-15-27(30,31)32)12-13-20-19(10-7-4-5-8-11-23(39)40)21(48-25(42)45-16-28(33,34)35)14-22(20)49-26(43)46-17-29(36,37)38/h12-13,18-22H,2-11,14-17H2,1H3,(H,39,40)/t18?,19-,20-,21?,22?/m1/s1. The molecule has 1 N–H and O–H groups in total. The summed E-state index contributed by atoms with van der Waals surface area (Å²) < 4.78 is 25.9. The van der Waals surface area contributed by atoms with Crippen molar-refractivity contribution in [3.63, 3.8) is 0 Å². The third-order valence-electron chi connectivity index (χ3n) is 6.99. The van der Waals surface area contributed by atoms with E-state index in [0.717, 1.165) is 12.8 Å². The summed E-state index contributed by atoms with van der Waals surface area (Å²) >= 11 is 51.3. The molecule has 0 saturated heterocycles. The summed E-state index contributed by atoms with van der Waals surface area (Å²) in [6.07, 6.45) is 3.08.